The van der Waals surface area contributed by atoms with Crippen molar-refractivity contribution in [3.8, 4) is 0 Å². The highest BCUT2D eigenvalue weighted by molar-refractivity contribution is 7.10. The lowest BCUT2D eigenvalue weighted by molar-refractivity contribution is 0.0669. The quantitative estimate of drug-likeness (QED) is 0.843. The maximum Gasteiger partial charge on any atom is 0.280 e. The molecule has 6 nitrogen and oxygen atoms in total. The second-order valence-corrected chi connectivity index (χ2v) is 5.22. The Kier molecular flexibility index (Phi) is 2.55. The van der Waals surface area contributed by atoms with E-state index in [-0.39, 0.29) is 23.5 Å². The number of carbonyl (C=O) groups excluding carboxylic acids is 1. The molecule has 2 aromatic heterocycles. The van der Waals surface area contributed by atoms with Crippen molar-refractivity contribution in [3.05, 3.63) is 27.6 Å². The molecule has 1 amide bonds. The highest BCUT2D eigenvalue weighted by Crippen LogP contribution is 2.33. The molecule has 18 heavy (non-hydrogen) atoms. The van der Waals surface area contributed by atoms with Crippen LogP contribution in [0.3, 0.4) is 0 Å². The minimum Gasteiger partial charge on any atom is -0.379 e. The Hall–Kier alpha value is -1.89. The molecule has 94 valence electrons. The summed E-state index contributed by atoms with van der Waals surface area (Å²) in [5, 5.41) is 9.06. The molecule has 2 aromatic rings. The lowest BCUT2D eigenvalue weighted by Gasteiger charge is -2.32. The van der Waals surface area contributed by atoms with Gasteiger partial charge in [0.15, 0.2) is 0 Å². The fourth-order valence-corrected chi connectivity index (χ4v) is 3.23. The fourth-order valence-electron chi connectivity index (χ4n) is 2.27. The van der Waals surface area contributed by atoms with Crippen molar-refractivity contribution in [2.24, 2.45) is 0 Å². The largest absolute Gasteiger partial charge is 0.379 e. The molecule has 3 heterocycles. The van der Waals surface area contributed by atoms with Crippen molar-refractivity contribution in [1.82, 2.24) is 15.2 Å². The van der Waals surface area contributed by atoms with Crippen LogP contribution in [0.2, 0.25) is 0 Å². The number of hydrogen-bond acceptors (Lipinski definition) is 6. The van der Waals surface area contributed by atoms with Gasteiger partial charge in [0.25, 0.3) is 5.91 Å². The lowest BCUT2D eigenvalue weighted by atomic mass is 10.0. The first-order valence-electron chi connectivity index (χ1n) is 5.63. The van der Waals surface area contributed by atoms with E-state index in [0.29, 0.717) is 6.54 Å². The number of hydrogen-bond donors (Lipinski definition) is 1. The molecule has 7 heteroatoms. The third-order valence-corrected chi connectivity index (χ3v) is 4.25. The smallest absolute Gasteiger partial charge is 0.280 e. The predicted octanol–water partition coefficient (Wildman–Crippen LogP) is 1.47. The number of anilines is 1. The Morgan fingerprint density at radius 3 is 3.17 bits per heavy atom. The van der Waals surface area contributed by atoms with Gasteiger partial charge in [-0.05, 0) is 40.7 Å². The van der Waals surface area contributed by atoms with Crippen LogP contribution in [0.15, 0.2) is 16.1 Å². The second kappa shape index (κ2) is 4.09. The number of carbonyl (C=O) groups is 1. The molecule has 0 spiro atoms. The van der Waals surface area contributed by atoms with Gasteiger partial charge < -0.3 is 10.6 Å². The summed E-state index contributed by atoms with van der Waals surface area (Å²) in [5.74, 6) is -0.179. The zero-order valence-corrected chi connectivity index (χ0v) is 10.6. The number of nitrogens with two attached hydrogens (primary N) is 1. The molecule has 0 radical (unpaired) electrons. The van der Waals surface area contributed by atoms with Crippen LogP contribution in [-0.2, 0) is 6.42 Å². The maximum atomic E-state index is 12.3. The summed E-state index contributed by atoms with van der Waals surface area (Å²) in [6.07, 6.45) is 0.869. The van der Waals surface area contributed by atoms with Crippen molar-refractivity contribution in [1.29, 1.82) is 0 Å². The Bertz CT molecular complexity index is 591. The van der Waals surface area contributed by atoms with Gasteiger partial charge in [0.2, 0.25) is 11.5 Å². The average Bonchev–Trinajstić information content (AvgIpc) is 2.97. The monoisotopic (exact) mass is 264 g/mol. The molecule has 1 atom stereocenters. The summed E-state index contributed by atoms with van der Waals surface area (Å²) >= 11 is 1.73. The van der Waals surface area contributed by atoms with Crippen LogP contribution in [0.5, 0.6) is 0 Å². The third-order valence-electron chi connectivity index (χ3n) is 3.25. The number of nitrogen functional groups attached to an aromatic ring is 1. The van der Waals surface area contributed by atoms with Gasteiger partial charge in [-0.25, -0.2) is 4.63 Å². The molecule has 3 rings (SSSR count). The number of thiophene rings is 1. The standard InChI is InChI=1S/C11H12N4O2S/c1-6-7-3-5-18-8(7)2-4-15(6)11(16)9-10(12)14-17-13-9/h3,5-6H,2,4H2,1H3,(H2,12,14). The molecule has 1 aliphatic rings. The molecule has 2 N–H and O–H groups in total. The first kappa shape index (κ1) is 11.2. The van der Waals surface area contributed by atoms with Crippen LogP contribution in [-0.4, -0.2) is 27.7 Å². The van der Waals surface area contributed by atoms with Crippen LogP contribution >= 0.6 is 11.3 Å². The predicted molar refractivity (Wildman–Crippen MR) is 66.2 cm³/mol. The molecule has 1 unspecified atom stereocenters. The number of rotatable bonds is 1. The maximum absolute atomic E-state index is 12.3. The number of aromatic nitrogens is 2. The van der Waals surface area contributed by atoms with Crippen LogP contribution in [0.4, 0.5) is 5.82 Å². The van der Waals surface area contributed by atoms with E-state index in [4.69, 9.17) is 5.73 Å². The Balaban J connectivity index is 1.91. The SMILES string of the molecule is CC1c2ccsc2CCN1C(=O)c1nonc1N. The first-order valence-corrected chi connectivity index (χ1v) is 6.51. The third kappa shape index (κ3) is 1.59. The molecule has 0 aliphatic carbocycles. The molecule has 0 bridgehead atoms. The Morgan fingerprint density at radius 1 is 1.61 bits per heavy atom. The van der Waals surface area contributed by atoms with Gasteiger partial charge in [-0.15, -0.1) is 11.3 Å². The first-order chi connectivity index (χ1) is 8.68. The van der Waals surface area contributed by atoms with Crippen LogP contribution in [0.25, 0.3) is 0 Å². The lowest BCUT2D eigenvalue weighted by Crippen LogP contribution is -2.38. The van der Waals surface area contributed by atoms with Gasteiger partial charge in [-0.3, -0.25) is 4.79 Å². The van der Waals surface area contributed by atoms with Gasteiger partial charge in [-0.2, -0.15) is 0 Å². The molecular formula is C11H12N4O2S. The fraction of sp³-hybridized carbons (Fsp3) is 0.364. The number of nitrogens with zero attached hydrogens (tertiary/aromatic N) is 3. The molecular weight excluding hydrogens is 252 g/mol. The Morgan fingerprint density at radius 2 is 2.44 bits per heavy atom. The summed E-state index contributed by atoms with van der Waals surface area (Å²) in [4.78, 5) is 15.4. The zero-order chi connectivity index (χ0) is 12.7. The van der Waals surface area contributed by atoms with E-state index in [9.17, 15) is 4.79 Å². The summed E-state index contributed by atoms with van der Waals surface area (Å²) in [6.45, 7) is 2.67. The summed E-state index contributed by atoms with van der Waals surface area (Å²) in [7, 11) is 0. The molecule has 0 aromatic carbocycles. The van der Waals surface area contributed by atoms with Crippen molar-refractivity contribution >= 4 is 23.1 Å². The van der Waals surface area contributed by atoms with E-state index in [1.54, 1.807) is 16.2 Å². The minimum absolute atomic E-state index is 0.0311. The minimum atomic E-state index is -0.224. The molecule has 0 saturated heterocycles. The average molecular weight is 264 g/mol. The molecule has 1 aliphatic heterocycles. The van der Waals surface area contributed by atoms with E-state index in [0.717, 1.165) is 6.42 Å². The van der Waals surface area contributed by atoms with E-state index in [2.05, 4.69) is 26.4 Å². The van der Waals surface area contributed by atoms with Crippen molar-refractivity contribution < 1.29 is 9.42 Å². The van der Waals surface area contributed by atoms with Crippen molar-refractivity contribution in [2.75, 3.05) is 12.3 Å². The van der Waals surface area contributed by atoms with E-state index in [1.807, 2.05) is 6.92 Å². The van der Waals surface area contributed by atoms with Gasteiger partial charge >= 0.3 is 0 Å². The second-order valence-electron chi connectivity index (χ2n) is 4.22. The number of fused-ring (bicyclic) bond motifs is 1. The van der Waals surface area contributed by atoms with E-state index < -0.39 is 0 Å². The van der Waals surface area contributed by atoms with Gasteiger partial charge in [-0.1, -0.05) is 0 Å². The van der Waals surface area contributed by atoms with Crippen molar-refractivity contribution in [2.45, 2.75) is 19.4 Å². The summed E-state index contributed by atoms with van der Waals surface area (Å²) in [5.41, 5.74) is 6.86. The highest BCUT2D eigenvalue weighted by Gasteiger charge is 2.31. The van der Waals surface area contributed by atoms with Crippen LogP contribution < -0.4 is 5.73 Å². The normalized spacial score (nSPS) is 18.7. The van der Waals surface area contributed by atoms with E-state index in [1.165, 1.54) is 10.4 Å². The van der Waals surface area contributed by atoms with Crippen LogP contribution in [0.1, 0.15) is 33.9 Å². The van der Waals surface area contributed by atoms with Crippen LogP contribution in [0, 0.1) is 0 Å². The number of amides is 1. The van der Waals surface area contributed by atoms with Gasteiger partial charge in [0, 0.05) is 11.4 Å². The summed E-state index contributed by atoms with van der Waals surface area (Å²) < 4.78 is 4.48. The topological polar surface area (TPSA) is 85.2 Å². The van der Waals surface area contributed by atoms with Crippen molar-refractivity contribution in [3.63, 3.8) is 0 Å². The van der Waals surface area contributed by atoms with Gasteiger partial charge in [0.05, 0.1) is 6.04 Å². The molecule has 0 fully saturated rings. The van der Waals surface area contributed by atoms with E-state index >= 15 is 0 Å². The van der Waals surface area contributed by atoms with Gasteiger partial charge in [0.1, 0.15) is 0 Å². The summed E-state index contributed by atoms with van der Waals surface area (Å²) in [6, 6.07) is 2.10. The Labute approximate surface area is 107 Å². The molecule has 0 saturated carbocycles. The zero-order valence-electron chi connectivity index (χ0n) is 9.79. The highest BCUT2D eigenvalue weighted by atomic mass is 32.1.